The minimum Gasteiger partial charge on any atom is -0.348 e. The van der Waals surface area contributed by atoms with E-state index >= 15 is 0 Å². The molecule has 0 aliphatic rings. The number of hydrogen-bond donors (Lipinski definition) is 1. The molecule has 2 heteroatoms. The van der Waals surface area contributed by atoms with Crippen LogP contribution in [0.2, 0.25) is 0 Å². The van der Waals surface area contributed by atoms with Crippen LogP contribution in [0.5, 0.6) is 0 Å². The quantitative estimate of drug-likeness (QED) is 0.767. The molecule has 0 radical (unpaired) electrons. The van der Waals surface area contributed by atoms with Crippen LogP contribution in [0.3, 0.4) is 0 Å². The lowest BCUT2D eigenvalue weighted by atomic mass is 9.84. The van der Waals surface area contributed by atoms with Gasteiger partial charge in [-0.15, -0.1) is 0 Å². The number of nitrogens with zero attached hydrogens (tertiary/aromatic N) is 1. The molecule has 0 aliphatic carbocycles. The zero-order chi connectivity index (χ0) is 10.9. The van der Waals surface area contributed by atoms with Crippen LogP contribution >= 0.6 is 0 Å². The average Bonchev–Trinajstić information content (AvgIpc) is 2.48. The van der Waals surface area contributed by atoms with E-state index in [-0.39, 0.29) is 5.41 Å². The molecule has 0 fully saturated rings. The van der Waals surface area contributed by atoms with Crippen LogP contribution in [0.1, 0.15) is 58.8 Å². The second kappa shape index (κ2) is 3.76. The number of aromatic nitrogens is 2. The molecular formula is C12H22N2. The maximum Gasteiger partial charge on any atom is 0.0925 e. The molecule has 0 aromatic carbocycles. The van der Waals surface area contributed by atoms with Gasteiger partial charge in [-0.05, 0) is 5.92 Å². The Labute approximate surface area is 87.1 Å². The van der Waals surface area contributed by atoms with Crippen molar-refractivity contribution in [2.24, 2.45) is 5.92 Å². The zero-order valence-corrected chi connectivity index (χ0v) is 10.2. The van der Waals surface area contributed by atoms with Crippen LogP contribution in [-0.2, 0) is 5.41 Å². The van der Waals surface area contributed by atoms with Crippen molar-refractivity contribution < 1.29 is 0 Å². The van der Waals surface area contributed by atoms with Crippen LogP contribution in [0, 0.1) is 5.92 Å². The van der Waals surface area contributed by atoms with E-state index in [4.69, 9.17) is 0 Å². The second-order valence-electron chi connectivity index (χ2n) is 5.45. The fourth-order valence-electron chi connectivity index (χ4n) is 1.58. The Kier molecular flexibility index (Phi) is 3.03. The smallest absolute Gasteiger partial charge is 0.0925 e. The average molecular weight is 194 g/mol. The topological polar surface area (TPSA) is 28.7 Å². The number of hydrogen-bond acceptors (Lipinski definition) is 1. The molecule has 0 spiro atoms. The molecule has 0 aliphatic heterocycles. The van der Waals surface area contributed by atoms with E-state index in [1.54, 1.807) is 0 Å². The first-order valence-corrected chi connectivity index (χ1v) is 5.37. The van der Waals surface area contributed by atoms with E-state index in [1.807, 2.05) is 6.33 Å². The van der Waals surface area contributed by atoms with Crippen molar-refractivity contribution in [2.75, 3.05) is 0 Å². The predicted octanol–water partition coefficient (Wildman–Crippen LogP) is 3.47. The molecule has 2 nitrogen and oxygen atoms in total. The first kappa shape index (κ1) is 11.3. The summed E-state index contributed by atoms with van der Waals surface area (Å²) in [5, 5.41) is 0. The Morgan fingerprint density at radius 3 is 2.21 bits per heavy atom. The van der Waals surface area contributed by atoms with E-state index < -0.39 is 0 Å². The summed E-state index contributed by atoms with van der Waals surface area (Å²) in [7, 11) is 0. The number of aromatic amines is 1. The summed E-state index contributed by atoms with van der Waals surface area (Å²) in [6.07, 6.45) is 1.81. The maximum atomic E-state index is 4.44. The first-order chi connectivity index (χ1) is 6.34. The van der Waals surface area contributed by atoms with Gasteiger partial charge in [0.05, 0.1) is 12.0 Å². The van der Waals surface area contributed by atoms with E-state index in [9.17, 15) is 0 Å². The van der Waals surface area contributed by atoms with Gasteiger partial charge in [0.1, 0.15) is 0 Å². The summed E-state index contributed by atoms with van der Waals surface area (Å²) in [6.45, 7) is 13.4. The molecule has 0 amide bonds. The standard InChI is InChI=1S/C12H22N2/c1-8(2)9(3)10-11(12(4,5)6)14-7-13-10/h7-9H,1-6H3,(H,13,14). The third kappa shape index (κ3) is 2.17. The Morgan fingerprint density at radius 2 is 1.79 bits per heavy atom. The summed E-state index contributed by atoms with van der Waals surface area (Å²) < 4.78 is 0. The fourth-order valence-corrected chi connectivity index (χ4v) is 1.58. The van der Waals surface area contributed by atoms with Gasteiger partial charge in [-0.25, -0.2) is 4.98 Å². The van der Waals surface area contributed by atoms with Gasteiger partial charge in [-0.2, -0.15) is 0 Å². The van der Waals surface area contributed by atoms with E-state index in [0.29, 0.717) is 11.8 Å². The van der Waals surface area contributed by atoms with Gasteiger partial charge in [-0.3, -0.25) is 0 Å². The van der Waals surface area contributed by atoms with E-state index in [0.717, 1.165) is 0 Å². The van der Waals surface area contributed by atoms with Gasteiger partial charge in [0.25, 0.3) is 0 Å². The van der Waals surface area contributed by atoms with Crippen molar-refractivity contribution in [1.29, 1.82) is 0 Å². The SMILES string of the molecule is CC(C)C(C)c1[nH]cnc1C(C)(C)C. The van der Waals surface area contributed by atoms with Crippen molar-refractivity contribution in [3.8, 4) is 0 Å². The van der Waals surface area contributed by atoms with Gasteiger partial charge in [0.2, 0.25) is 0 Å². The maximum absolute atomic E-state index is 4.44. The van der Waals surface area contributed by atoms with Gasteiger partial charge < -0.3 is 4.98 Å². The molecule has 14 heavy (non-hydrogen) atoms. The first-order valence-electron chi connectivity index (χ1n) is 5.37. The highest BCUT2D eigenvalue weighted by Crippen LogP contribution is 2.30. The minimum atomic E-state index is 0.137. The third-order valence-electron chi connectivity index (χ3n) is 2.83. The fraction of sp³-hybridized carbons (Fsp3) is 0.750. The van der Waals surface area contributed by atoms with Crippen molar-refractivity contribution in [2.45, 2.75) is 52.9 Å². The normalized spacial score (nSPS) is 14.8. The molecule has 1 N–H and O–H groups in total. The lowest BCUT2D eigenvalue weighted by Gasteiger charge is -2.22. The molecule has 1 rings (SSSR count). The van der Waals surface area contributed by atoms with Gasteiger partial charge in [0, 0.05) is 17.0 Å². The summed E-state index contributed by atoms with van der Waals surface area (Å²) in [5.74, 6) is 1.20. The van der Waals surface area contributed by atoms with E-state index in [2.05, 4.69) is 51.5 Å². The van der Waals surface area contributed by atoms with Gasteiger partial charge in [0.15, 0.2) is 0 Å². The Morgan fingerprint density at radius 1 is 1.21 bits per heavy atom. The number of nitrogens with one attached hydrogen (secondary N) is 1. The number of rotatable bonds is 2. The molecule has 0 saturated carbocycles. The lowest BCUT2D eigenvalue weighted by molar-refractivity contribution is 0.496. The third-order valence-corrected chi connectivity index (χ3v) is 2.83. The van der Waals surface area contributed by atoms with Gasteiger partial charge in [-0.1, -0.05) is 41.5 Å². The van der Waals surface area contributed by atoms with Crippen LogP contribution in [0.15, 0.2) is 6.33 Å². The van der Waals surface area contributed by atoms with Crippen LogP contribution < -0.4 is 0 Å². The minimum absolute atomic E-state index is 0.137. The molecule has 0 saturated heterocycles. The Balaban J connectivity index is 3.05. The molecule has 80 valence electrons. The lowest BCUT2D eigenvalue weighted by Crippen LogP contribution is -2.17. The highest BCUT2D eigenvalue weighted by molar-refractivity contribution is 5.23. The number of imidazole rings is 1. The molecule has 0 bridgehead atoms. The van der Waals surface area contributed by atoms with Crippen molar-refractivity contribution in [1.82, 2.24) is 9.97 Å². The summed E-state index contributed by atoms with van der Waals surface area (Å²) >= 11 is 0. The number of H-pyrrole nitrogens is 1. The molecule has 1 aromatic rings. The Hall–Kier alpha value is -0.790. The molecular weight excluding hydrogens is 172 g/mol. The van der Waals surface area contributed by atoms with Crippen molar-refractivity contribution in [3.63, 3.8) is 0 Å². The molecule has 1 atom stereocenters. The zero-order valence-electron chi connectivity index (χ0n) is 10.2. The molecule has 1 heterocycles. The van der Waals surface area contributed by atoms with E-state index in [1.165, 1.54) is 11.4 Å². The Bertz CT molecular complexity index is 292. The molecule has 1 aromatic heterocycles. The van der Waals surface area contributed by atoms with Crippen LogP contribution in [0.4, 0.5) is 0 Å². The van der Waals surface area contributed by atoms with Crippen LogP contribution in [0.25, 0.3) is 0 Å². The highest BCUT2D eigenvalue weighted by Gasteiger charge is 2.24. The summed E-state index contributed by atoms with van der Waals surface area (Å²) in [5.41, 5.74) is 2.64. The van der Waals surface area contributed by atoms with Crippen molar-refractivity contribution >= 4 is 0 Å². The largest absolute Gasteiger partial charge is 0.348 e. The molecule has 1 unspecified atom stereocenters. The van der Waals surface area contributed by atoms with Gasteiger partial charge >= 0.3 is 0 Å². The second-order valence-corrected chi connectivity index (χ2v) is 5.45. The highest BCUT2D eigenvalue weighted by atomic mass is 14.9. The monoisotopic (exact) mass is 194 g/mol. The summed E-state index contributed by atoms with van der Waals surface area (Å²) in [6, 6.07) is 0. The van der Waals surface area contributed by atoms with Crippen LogP contribution in [-0.4, -0.2) is 9.97 Å². The summed E-state index contributed by atoms with van der Waals surface area (Å²) in [4.78, 5) is 7.72. The predicted molar refractivity (Wildman–Crippen MR) is 60.5 cm³/mol. The van der Waals surface area contributed by atoms with Crippen molar-refractivity contribution in [3.05, 3.63) is 17.7 Å².